The Balaban J connectivity index is 1.15. The predicted octanol–water partition coefficient (Wildman–Crippen LogP) is 12.3. The number of nitriles is 1. The van der Waals surface area contributed by atoms with E-state index >= 15 is 0 Å². The van der Waals surface area contributed by atoms with E-state index in [1.165, 1.54) is 5.39 Å². The molecule has 0 saturated heterocycles. The van der Waals surface area contributed by atoms with Gasteiger partial charge in [-0.1, -0.05) is 78.9 Å². The molecule has 0 aliphatic carbocycles. The molecule has 0 spiro atoms. The van der Waals surface area contributed by atoms with Crippen molar-refractivity contribution in [2.75, 3.05) is 0 Å². The summed E-state index contributed by atoms with van der Waals surface area (Å²) in [7, 11) is 0. The molecule has 0 unspecified atom stereocenters. The van der Waals surface area contributed by atoms with Crippen LogP contribution in [-0.2, 0) is 0 Å². The van der Waals surface area contributed by atoms with Gasteiger partial charge in [-0.25, -0.2) is 4.98 Å². The lowest BCUT2D eigenvalue weighted by molar-refractivity contribution is 0.673. The third-order valence-electron chi connectivity index (χ3n) is 10.1. The fraction of sp³-hybridized carbons (Fsp3) is 0. The highest BCUT2D eigenvalue weighted by atomic mass is 16.3. The molecule has 0 fully saturated rings. The Bertz CT molecular complexity index is 2990. The van der Waals surface area contributed by atoms with Crippen molar-refractivity contribution in [2.45, 2.75) is 0 Å². The van der Waals surface area contributed by atoms with E-state index in [1.54, 1.807) is 24.8 Å². The average Bonchev–Trinajstić information content (AvgIpc) is 3.64. The molecule has 53 heavy (non-hydrogen) atoms. The van der Waals surface area contributed by atoms with E-state index in [2.05, 4.69) is 101 Å². The van der Waals surface area contributed by atoms with Gasteiger partial charge in [0, 0.05) is 52.1 Å². The molecule has 0 N–H and O–H groups in total. The normalized spacial score (nSPS) is 11.4. The summed E-state index contributed by atoms with van der Waals surface area (Å²) in [6, 6.07) is 52.5. The quantitative estimate of drug-likeness (QED) is 0.170. The van der Waals surface area contributed by atoms with Crippen LogP contribution in [0.2, 0.25) is 0 Å². The number of para-hydroxylation sites is 1. The third-order valence-corrected chi connectivity index (χ3v) is 10.1. The van der Waals surface area contributed by atoms with Gasteiger partial charge in [0.2, 0.25) is 0 Å². The van der Waals surface area contributed by atoms with Crippen molar-refractivity contribution in [3.05, 3.63) is 176 Å². The fourth-order valence-electron chi connectivity index (χ4n) is 7.48. The zero-order chi connectivity index (χ0) is 35.3. The molecule has 0 aliphatic rings. The van der Waals surface area contributed by atoms with Crippen molar-refractivity contribution >= 4 is 43.5 Å². The summed E-state index contributed by atoms with van der Waals surface area (Å²) in [6.07, 6.45) is 7.19. The number of nitrogens with zero attached hydrogens (tertiary/aromatic N) is 4. The molecule has 0 radical (unpaired) electrons. The van der Waals surface area contributed by atoms with Gasteiger partial charge in [0.05, 0.1) is 23.0 Å². The number of rotatable bonds is 5. The van der Waals surface area contributed by atoms with Gasteiger partial charge in [-0.15, -0.1) is 0 Å². The first-order chi connectivity index (χ1) is 26.2. The van der Waals surface area contributed by atoms with E-state index in [1.807, 2.05) is 60.7 Å². The fourth-order valence-corrected chi connectivity index (χ4v) is 7.48. The zero-order valence-corrected chi connectivity index (χ0v) is 28.4. The molecule has 6 aromatic carbocycles. The molecule has 0 saturated carbocycles. The SMILES string of the molecule is N#Cc1cccc(-c2ccc(-c3ccc4c5ccc(-c6cc(-c7ccncc7)nc(-c7ccncc7)c6)cc5c5oc6ccccc6c5c4c3)cc2)c1. The second-order valence-corrected chi connectivity index (χ2v) is 13.2. The van der Waals surface area contributed by atoms with Crippen LogP contribution in [0.5, 0.6) is 0 Å². The summed E-state index contributed by atoms with van der Waals surface area (Å²) in [4.78, 5) is 13.5. The van der Waals surface area contributed by atoms with Crippen LogP contribution in [0.3, 0.4) is 0 Å². The van der Waals surface area contributed by atoms with Gasteiger partial charge < -0.3 is 4.42 Å². The summed E-state index contributed by atoms with van der Waals surface area (Å²) in [5, 5.41) is 16.1. The van der Waals surface area contributed by atoms with Crippen LogP contribution >= 0.6 is 0 Å². The monoisotopic (exact) mass is 676 g/mol. The second kappa shape index (κ2) is 12.4. The number of hydrogen-bond acceptors (Lipinski definition) is 5. The Morgan fingerprint density at radius 1 is 0.415 bits per heavy atom. The average molecular weight is 677 g/mol. The standard InChI is InChI=1S/C48H28N4O/c49-29-30-4-3-5-35(24-30)31-8-10-32(11-9-31)36-12-14-39-40-15-13-37(26-43(40)48-47(42(39)25-36)41-6-1-2-7-46(41)53-48)38-27-44(33-16-20-50-21-17-33)52-45(28-38)34-18-22-51-23-19-34/h1-28H. The van der Waals surface area contributed by atoms with Gasteiger partial charge in [-0.2, -0.15) is 5.26 Å². The summed E-state index contributed by atoms with van der Waals surface area (Å²) in [5.74, 6) is 0. The summed E-state index contributed by atoms with van der Waals surface area (Å²) >= 11 is 0. The van der Waals surface area contributed by atoms with Crippen molar-refractivity contribution in [1.82, 2.24) is 15.0 Å². The topological polar surface area (TPSA) is 75.6 Å². The minimum atomic E-state index is 0.655. The van der Waals surface area contributed by atoms with E-state index in [0.717, 1.165) is 94.0 Å². The van der Waals surface area contributed by atoms with E-state index in [-0.39, 0.29) is 0 Å². The number of benzene rings is 6. The molecule has 0 atom stereocenters. The third kappa shape index (κ3) is 5.29. The number of fused-ring (bicyclic) bond motifs is 8. The molecular weight excluding hydrogens is 649 g/mol. The highest BCUT2D eigenvalue weighted by molar-refractivity contribution is 6.30. The lowest BCUT2D eigenvalue weighted by Gasteiger charge is -2.13. The summed E-state index contributed by atoms with van der Waals surface area (Å²) in [6.45, 7) is 0. The Hall–Kier alpha value is -7.42. The van der Waals surface area contributed by atoms with Crippen molar-refractivity contribution in [3.63, 3.8) is 0 Å². The Kier molecular flexibility index (Phi) is 7.12. The minimum Gasteiger partial charge on any atom is -0.455 e. The van der Waals surface area contributed by atoms with E-state index < -0.39 is 0 Å². The molecule has 10 rings (SSSR count). The van der Waals surface area contributed by atoms with Gasteiger partial charge >= 0.3 is 0 Å². The van der Waals surface area contributed by atoms with Crippen LogP contribution < -0.4 is 0 Å². The molecule has 4 aromatic heterocycles. The maximum Gasteiger partial charge on any atom is 0.143 e. The number of hydrogen-bond donors (Lipinski definition) is 0. The van der Waals surface area contributed by atoms with Gasteiger partial charge in [-0.3, -0.25) is 9.97 Å². The predicted molar refractivity (Wildman–Crippen MR) is 214 cm³/mol. The number of pyridine rings is 3. The van der Waals surface area contributed by atoms with E-state index in [0.29, 0.717) is 5.56 Å². The first kappa shape index (κ1) is 30.4. The maximum absolute atomic E-state index is 9.38. The molecule has 5 nitrogen and oxygen atoms in total. The zero-order valence-electron chi connectivity index (χ0n) is 28.4. The Morgan fingerprint density at radius 2 is 0.981 bits per heavy atom. The van der Waals surface area contributed by atoms with Crippen molar-refractivity contribution in [1.29, 1.82) is 5.26 Å². The molecule has 5 heteroatoms. The largest absolute Gasteiger partial charge is 0.455 e. The van der Waals surface area contributed by atoms with Crippen LogP contribution in [-0.4, -0.2) is 15.0 Å². The summed E-state index contributed by atoms with van der Waals surface area (Å²) in [5.41, 5.74) is 12.6. The molecular formula is C48H28N4O. The molecule has 0 amide bonds. The van der Waals surface area contributed by atoms with Gasteiger partial charge in [0.25, 0.3) is 0 Å². The Labute approximate surface area is 305 Å². The van der Waals surface area contributed by atoms with Crippen LogP contribution in [0.15, 0.2) is 175 Å². The lowest BCUT2D eigenvalue weighted by Crippen LogP contribution is -1.92. The van der Waals surface area contributed by atoms with Crippen molar-refractivity contribution < 1.29 is 4.42 Å². The van der Waals surface area contributed by atoms with Crippen molar-refractivity contribution in [3.8, 4) is 62.0 Å². The second-order valence-electron chi connectivity index (χ2n) is 13.2. The molecule has 0 aliphatic heterocycles. The van der Waals surface area contributed by atoms with Crippen LogP contribution in [0.1, 0.15) is 5.56 Å². The van der Waals surface area contributed by atoms with Gasteiger partial charge in [0.15, 0.2) is 0 Å². The van der Waals surface area contributed by atoms with Gasteiger partial charge in [0.1, 0.15) is 11.2 Å². The van der Waals surface area contributed by atoms with Crippen LogP contribution in [0.4, 0.5) is 0 Å². The molecule has 4 heterocycles. The van der Waals surface area contributed by atoms with E-state index in [4.69, 9.17) is 9.40 Å². The highest BCUT2D eigenvalue weighted by Gasteiger charge is 2.18. The minimum absolute atomic E-state index is 0.655. The van der Waals surface area contributed by atoms with E-state index in [9.17, 15) is 5.26 Å². The van der Waals surface area contributed by atoms with Gasteiger partial charge in [-0.05, 0) is 116 Å². The number of furan rings is 1. The van der Waals surface area contributed by atoms with Crippen LogP contribution in [0.25, 0.3) is 99.4 Å². The molecule has 246 valence electrons. The highest BCUT2D eigenvalue weighted by Crippen LogP contribution is 2.43. The lowest BCUT2D eigenvalue weighted by atomic mass is 9.91. The molecule has 0 bridgehead atoms. The first-order valence-corrected chi connectivity index (χ1v) is 17.5. The number of aromatic nitrogens is 3. The maximum atomic E-state index is 9.38. The van der Waals surface area contributed by atoms with Crippen molar-refractivity contribution in [2.24, 2.45) is 0 Å². The molecule has 10 aromatic rings. The smallest absolute Gasteiger partial charge is 0.143 e. The summed E-state index contributed by atoms with van der Waals surface area (Å²) < 4.78 is 6.73. The van der Waals surface area contributed by atoms with Crippen LogP contribution in [0, 0.1) is 11.3 Å². The first-order valence-electron chi connectivity index (χ1n) is 17.5. The Morgan fingerprint density at radius 3 is 1.64 bits per heavy atom.